The minimum atomic E-state index is -3.93. The van der Waals surface area contributed by atoms with E-state index in [-0.39, 0.29) is 23.5 Å². The van der Waals surface area contributed by atoms with Gasteiger partial charge < -0.3 is 10.0 Å². The summed E-state index contributed by atoms with van der Waals surface area (Å²) >= 11 is 0. The van der Waals surface area contributed by atoms with Crippen molar-refractivity contribution in [3.05, 3.63) is 17.8 Å². The number of piperidine rings is 1. The largest absolute Gasteiger partial charge is 0.480 e. The Bertz CT molecular complexity index is 786. The van der Waals surface area contributed by atoms with E-state index in [9.17, 15) is 18.3 Å². The van der Waals surface area contributed by atoms with Crippen LogP contribution in [0, 0.1) is 6.92 Å². The average molecular weight is 381 g/mol. The highest BCUT2D eigenvalue weighted by molar-refractivity contribution is 7.89. The molecule has 1 aromatic rings. The Morgan fingerprint density at radius 3 is 2.42 bits per heavy atom. The maximum atomic E-state index is 13.3. The van der Waals surface area contributed by atoms with Gasteiger partial charge in [0, 0.05) is 24.3 Å². The fraction of sp³-hybridized carbons (Fsp3) is 0.667. The fourth-order valence-electron chi connectivity index (χ4n) is 4.16. The van der Waals surface area contributed by atoms with E-state index >= 15 is 0 Å². The van der Waals surface area contributed by atoms with Gasteiger partial charge in [-0.3, -0.25) is 4.79 Å². The molecule has 2 aliphatic rings. The predicted octanol–water partition coefficient (Wildman–Crippen LogP) is 2.40. The molecule has 7 nitrogen and oxygen atoms in total. The lowest BCUT2D eigenvalue weighted by Gasteiger charge is -2.41. The van der Waals surface area contributed by atoms with Crippen LogP contribution in [-0.4, -0.2) is 53.5 Å². The first-order chi connectivity index (χ1) is 12.2. The van der Waals surface area contributed by atoms with Crippen LogP contribution in [-0.2, 0) is 14.8 Å². The zero-order valence-electron chi connectivity index (χ0n) is 15.6. The number of aryl methyl sites for hydroxylation is 1. The van der Waals surface area contributed by atoms with Gasteiger partial charge in [0.05, 0.1) is 0 Å². The molecular formula is C18H27N3O4S. The van der Waals surface area contributed by atoms with E-state index in [0.29, 0.717) is 18.7 Å². The van der Waals surface area contributed by atoms with Crippen molar-refractivity contribution >= 4 is 21.8 Å². The maximum Gasteiger partial charge on any atom is 0.322 e. The third-order valence-electron chi connectivity index (χ3n) is 5.49. The zero-order chi connectivity index (χ0) is 19.1. The van der Waals surface area contributed by atoms with Gasteiger partial charge in [-0.25, -0.2) is 13.4 Å². The lowest BCUT2D eigenvalue weighted by Crippen LogP contribution is -2.46. The quantitative estimate of drug-likeness (QED) is 0.861. The highest BCUT2D eigenvalue weighted by Crippen LogP contribution is 2.35. The minimum absolute atomic E-state index is 0.122. The van der Waals surface area contributed by atoms with Gasteiger partial charge in [-0.05, 0) is 65.0 Å². The van der Waals surface area contributed by atoms with Crippen molar-refractivity contribution in [1.82, 2.24) is 9.29 Å². The van der Waals surface area contributed by atoms with Crippen LogP contribution in [0.4, 0.5) is 5.82 Å². The minimum Gasteiger partial charge on any atom is -0.480 e. The van der Waals surface area contributed by atoms with E-state index in [1.165, 1.54) is 0 Å². The molecule has 0 bridgehead atoms. The number of aromatic nitrogens is 1. The average Bonchev–Trinajstić information content (AvgIpc) is 3.05. The molecule has 2 aliphatic heterocycles. The molecule has 1 N–H and O–H groups in total. The molecule has 0 aromatic carbocycles. The van der Waals surface area contributed by atoms with Gasteiger partial charge in [-0.15, -0.1) is 0 Å². The lowest BCUT2D eigenvalue weighted by atomic mass is 9.97. The van der Waals surface area contributed by atoms with Crippen LogP contribution in [0.3, 0.4) is 0 Å². The van der Waals surface area contributed by atoms with E-state index in [4.69, 9.17) is 0 Å². The van der Waals surface area contributed by atoms with Gasteiger partial charge in [0.1, 0.15) is 16.8 Å². The zero-order valence-corrected chi connectivity index (χ0v) is 16.4. The monoisotopic (exact) mass is 381 g/mol. The number of nitrogens with zero attached hydrogens (tertiary/aromatic N) is 3. The summed E-state index contributed by atoms with van der Waals surface area (Å²) in [4.78, 5) is 18.3. The molecule has 0 amide bonds. The lowest BCUT2D eigenvalue weighted by molar-refractivity contribution is -0.140. The molecule has 26 heavy (non-hydrogen) atoms. The summed E-state index contributed by atoms with van der Waals surface area (Å²) in [6.07, 6.45) is 3.99. The first-order valence-electron chi connectivity index (χ1n) is 9.24. The Kier molecular flexibility index (Phi) is 5.25. The Labute approximate surface area is 155 Å². The summed E-state index contributed by atoms with van der Waals surface area (Å²) in [7, 11) is -3.93. The molecule has 3 heterocycles. The second kappa shape index (κ2) is 7.15. The van der Waals surface area contributed by atoms with Crippen molar-refractivity contribution < 1.29 is 18.3 Å². The molecule has 0 saturated carbocycles. The smallest absolute Gasteiger partial charge is 0.322 e. The second-order valence-electron chi connectivity index (χ2n) is 7.42. The summed E-state index contributed by atoms with van der Waals surface area (Å²) in [5.41, 5.74) is 0.750. The van der Waals surface area contributed by atoms with Gasteiger partial charge in [0.15, 0.2) is 0 Å². The number of aliphatic carboxylic acids is 1. The number of hydrogen-bond donors (Lipinski definition) is 1. The Hall–Kier alpha value is -1.67. The first kappa shape index (κ1) is 19.1. The number of carbonyl (C=O) groups is 1. The molecule has 2 saturated heterocycles. The maximum absolute atomic E-state index is 13.3. The van der Waals surface area contributed by atoms with Crippen LogP contribution in [0.5, 0.6) is 0 Å². The van der Waals surface area contributed by atoms with E-state index in [0.717, 1.165) is 29.3 Å². The molecule has 8 heteroatoms. The van der Waals surface area contributed by atoms with Crippen molar-refractivity contribution in [3.8, 4) is 0 Å². The molecule has 0 spiro atoms. The number of carboxylic acids is 1. The number of carboxylic acid groups (broad SMARTS) is 1. The normalized spacial score (nSPS) is 27.7. The summed E-state index contributed by atoms with van der Waals surface area (Å²) in [5.74, 6) is -0.631. The van der Waals surface area contributed by atoms with Gasteiger partial charge in [-0.2, -0.15) is 4.31 Å². The van der Waals surface area contributed by atoms with Gasteiger partial charge >= 0.3 is 5.97 Å². The first-order valence-corrected chi connectivity index (χ1v) is 10.7. The molecule has 1 aromatic heterocycles. The summed E-state index contributed by atoms with van der Waals surface area (Å²) in [6, 6.07) is 2.65. The molecule has 0 radical (unpaired) electrons. The summed E-state index contributed by atoms with van der Waals surface area (Å²) < 4.78 is 27.8. The number of anilines is 1. The van der Waals surface area contributed by atoms with Gasteiger partial charge in [0.2, 0.25) is 10.0 Å². The number of pyridine rings is 1. The molecule has 3 rings (SSSR count). The van der Waals surface area contributed by atoms with E-state index in [1.54, 1.807) is 12.1 Å². The van der Waals surface area contributed by atoms with E-state index in [2.05, 4.69) is 23.7 Å². The van der Waals surface area contributed by atoms with Crippen LogP contribution in [0.15, 0.2) is 17.0 Å². The SMILES string of the molecule is Cc1ccc(S(=O)(=O)N2CCC[C@H]2C(=O)O)c(N2[C@@H](C)CCC[C@@H]2C)n1. The van der Waals surface area contributed by atoms with Crippen LogP contribution in [0.1, 0.15) is 51.6 Å². The number of rotatable bonds is 4. The molecule has 144 valence electrons. The molecule has 3 atom stereocenters. The third-order valence-corrected chi connectivity index (χ3v) is 7.42. The van der Waals surface area contributed by atoms with Gasteiger partial charge in [0.25, 0.3) is 0 Å². The number of sulfonamides is 1. The molecule has 2 fully saturated rings. The van der Waals surface area contributed by atoms with E-state index < -0.39 is 22.0 Å². The van der Waals surface area contributed by atoms with Crippen molar-refractivity contribution in [1.29, 1.82) is 0 Å². The Balaban J connectivity index is 2.09. The third kappa shape index (κ3) is 3.32. The van der Waals surface area contributed by atoms with Crippen molar-refractivity contribution in [3.63, 3.8) is 0 Å². The van der Waals surface area contributed by atoms with Crippen LogP contribution >= 0.6 is 0 Å². The second-order valence-corrected chi connectivity index (χ2v) is 9.28. The standard InChI is InChI=1S/C18H27N3O4S/c1-12-9-10-16(17(19-12)21-13(2)6-4-7-14(21)3)26(24,25)20-11-5-8-15(20)18(22)23/h9-10,13-15H,4-8,11H2,1-3H3,(H,22,23)/t13-,14-,15-/m0/s1. The fourth-order valence-corrected chi connectivity index (χ4v) is 5.93. The topological polar surface area (TPSA) is 90.8 Å². The Morgan fingerprint density at radius 2 is 1.81 bits per heavy atom. The van der Waals surface area contributed by atoms with Crippen LogP contribution in [0.25, 0.3) is 0 Å². The molecular weight excluding hydrogens is 354 g/mol. The van der Waals surface area contributed by atoms with E-state index in [1.807, 2.05) is 6.92 Å². The predicted molar refractivity (Wildman–Crippen MR) is 98.8 cm³/mol. The van der Waals surface area contributed by atoms with Crippen molar-refractivity contribution in [2.45, 2.75) is 75.9 Å². The van der Waals surface area contributed by atoms with Crippen LogP contribution in [0.2, 0.25) is 0 Å². The highest BCUT2D eigenvalue weighted by Gasteiger charge is 2.42. The van der Waals surface area contributed by atoms with Crippen molar-refractivity contribution in [2.24, 2.45) is 0 Å². The summed E-state index contributed by atoms with van der Waals surface area (Å²) in [5, 5.41) is 9.41. The molecule has 0 unspecified atom stereocenters. The van der Waals surface area contributed by atoms with Crippen molar-refractivity contribution in [2.75, 3.05) is 11.4 Å². The van der Waals surface area contributed by atoms with Gasteiger partial charge in [-0.1, -0.05) is 0 Å². The number of hydrogen-bond acceptors (Lipinski definition) is 5. The molecule has 0 aliphatic carbocycles. The Morgan fingerprint density at radius 1 is 1.15 bits per heavy atom. The highest BCUT2D eigenvalue weighted by atomic mass is 32.2. The summed E-state index contributed by atoms with van der Waals surface area (Å²) in [6.45, 7) is 6.25. The van der Waals surface area contributed by atoms with Crippen LogP contribution < -0.4 is 4.90 Å².